The molecule has 4 rings (SSSR count). The molecule has 1 saturated heterocycles. The van der Waals surface area contributed by atoms with Gasteiger partial charge in [-0.3, -0.25) is 0 Å². The summed E-state index contributed by atoms with van der Waals surface area (Å²) in [6.07, 6.45) is 2.80. The number of piperazine rings is 1. The number of para-hydroxylation sites is 2. The molecule has 2 aliphatic rings. The van der Waals surface area contributed by atoms with Gasteiger partial charge in [-0.15, -0.1) is 5.10 Å². The first-order chi connectivity index (χ1) is 13.1. The molecule has 7 heteroatoms. The average molecular weight is 368 g/mol. The molecule has 3 heterocycles. The maximum absolute atomic E-state index is 6.20. The summed E-state index contributed by atoms with van der Waals surface area (Å²) >= 11 is 0. The molecule has 0 radical (unpaired) electrons. The molecule has 0 amide bonds. The van der Waals surface area contributed by atoms with Crippen molar-refractivity contribution in [1.82, 2.24) is 20.0 Å². The molecule has 1 aromatic heterocycles. The van der Waals surface area contributed by atoms with Crippen molar-refractivity contribution >= 4 is 17.2 Å². The van der Waals surface area contributed by atoms with Gasteiger partial charge in [-0.2, -0.15) is 5.10 Å². The van der Waals surface area contributed by atoms with Gasteiger partial charge in [-0.1, -0.05) is 12.1 Å². The van der Waals surface area contributed by atoms with Crippen molar-refractivity contribution in [2.75, 3.05) is 70.2 Å². The fourth-order valence-corrected chi connectivity index (χ4v) is 3.70. The Morgan fingerprint density at radius 1 is 1.07 bits per heavy atom. The van der Waals surface area contributed by atoms with E-state index in [1.54, 1.807) is 6.20 Å². The zero-order valence-corrected chi connectivity index (χ0v) is 16.4. The van der Waals surface area contributed by atoms with Gasteiger partial charge in [-0.25, -0.2) is 0 Å². The topological polar surface area (TPSA) is 48.0 Å². The number of anilines is 3. The van der Waals surface area contributed by atoms with Crippen molar-refractivity contribution in [3.63, 3.8) is 0 Å². The number of hydrogen-bond acceptors (Lipinski definition) is 7. The normalized spacial score (nSPS) is 16.9. The first-order valence-corrected chi connectivity index (χ1v) is 9.62. The monoisotopic (exact) mass is 368 g/mol. The molecule has 0 saturated carbocycles. The highest BCUT2D eigenvalue weighted by atomic mass is 16.5. The van der Waals surface area contributed by atoms with Gasteiger partial charge < -0.3 is 24.3 Å². The van der Waals surface area contributed by atoms with E-state index in [1.807, 2.05) is 12.1 Å². The van der Waals surface area contributed by atoms with Gasteiger partial charge in [0.1, 0.15) is 5.69 Å². The lowest BCUT2D eigenvalue weighted by Crippen LogP contribution is -2.45. The van der Waals surface area contributed by atoms with Gasteiger partial charge in [0.2, 0.25) is 0 Å². The van der Waals surface area contributed by atoms with Crippen molar-refractivity contribution in [2.45, 2.75) is 6.42 Å². The average Bonchev–Trinajstić information content (AvgIpc) is 2.67. The molecule has 2 aliphatic heterocycles. The molecule has 144 valence electrons. The summed E-state index contributed by atoms with van der Waals surface area (Å²) in [5.41, 5.74) is 2.15. The summed E-state index contributed by atoms with van der Waals surface area (Å²) in [5.74, 6) is 2.61. The highest BCUT2D eigenvalue weighted by Crippen LogP contribution is 2.49. The van der Waals surface area contributed by atoms with Crippen LogP contribution in [0.5, 0.6) is 11.5 Å². The largest absolute Gasteiger partial charge is 0.451 e. The van der Waals surface area contributed by atoms with E-state index in [0.717, 1.165) is 74.4 Å². The van der Waals surface area contributed by atoms with Crippen molar-refractivity contribution in [1.29, 1.82) is 0 Å². The zero-order valence-electron chi connectivity index (χ0n) is 16.4. The van der Waals surface area contributed by atoms with Crippen LogP contribution in [0.3, 0.4) is 0 Å². The number of fused-ring (bicyclic) bond motifs is 2. The Morgan fingerprint density at radius 2 is 1.85 bits per heavy atom. The first-order valence-electron chi connectivity index (χ1n) is 9.62. The first kappa shape index (κ1) is 18.0. The molecular weight excluding hydrogens is 340 g/mol. The third kappa shape index (κ3) is 3.70. The number of ether oxygens (including phenoxy) is 1. The van der Waals surface area contributed by atoms with Crippen LogP contribution < -0.4 is 14.5 Å². The molecule has 0 atom stereocenters. The highest BCUT2D eigenvalue weighted by molar-refractivity contribution is 5.85. The zero-order chi connectivity index (χ0) is 18.8. The van der Waals surface area contributed by atoms with Crippen LogP contribution in [0.25, 0.3) is 0 Å². The number of likely N-dealkylation sites (N-methyl/N-ethyl adjacent to an activating group) is 1. The van der Waals surface area contributed by atoms with Crippen LogP contribution in [0, 0.1) is 0 Å². The van der Waals surface area contributed by atoms with Crippen LogP contribution in [0.15, 0.2) is 30.5 Å². The van der Waals surface area contributed by atoms with Crippen LogP contribution in [0.4, 0.5) is 17.2 Å². The predicted octanol–water partition coefficient (Wildman–Crippen LogP) is 2.42. The molecule has 7 nitrogen and oxygen atoms in total. The van der Waals surface area contributed by atoms with Crippen molar-refractivity contribution in [2.24, 2.45) is 0 Å². The number of benzene rings is 1. The number of aromatic nitrogens is 2. The molecule has 2 aromatic rings. The number of rotatable bonds is 5. The van der Waals surface area contributed by atoms with Crippen molar-refractivity contribution in [3.8, 4) is 11.5 Å². The molecule has 0 unspecified atom stereocenters. The Bertz CT molecular complexity index is 788. The van der Waals surface area contributed by atoms with Gasteiger partial charge in [0.05, 0.1) is 11.9 Å². The summed E-state index contributed by atoms with van der Waals surface area (Å²) in [4.78, 5) is 9.27. The molecule has 0 spiro atoms. The molecule has 0 bridgehead atoms. The maximum atomic E-state index is 6.20. The lowest BCUT2D eigenvalue weighted by Gasteiger charge is -2.38. The molecule has 0 aliphatic carbocycles. The van der Waals surface area contributed by atoms with Gasteiger partial charge in [0.15, 0.2) is 17.3 Å². The summed E-state index contributed by atoms with van der Waals surface area (Å²) in [6, 6.07) is 8.23. The molecule has 1 aromatic carbocycles. The highest BCUT2D eigenvalue weighted by Gasteiger charge is 2.31. The van der Waals surface area contributed by atoms with Crippen LogP contribution in [0.1, 0.15) is 6.42 Å². The van der Waals surface area contributed by atoms with Crippen molar-refractivity contribution in [3.05, 3.63) is 30.5 Å². The van der Waals surface area contributed by atoms with Crippen molar-refractivity contribution < 1.29 is 4.74 Å². The second kappa shape index (κ2) is 7.70. The van der Waals surface area contributed by atoms with Gasteiger partial charge in [-0.05, 0) is 46.2 Å². The van der Waals surface area contributed by atoms with Gasteiger partial charge in [0.25, 0.3) is 0 Å². The lowest BCUT2D eigenvalue weighted by molar-refractivity contribution is 0.311. The summed E-state index contributed by atoms with van der Waals surface area (Å²) in [6.45, 7) is 5.92. The second-order valence-electron chi connectivity index (χ2n) is 7.55. The number of hydrogen-bond donors (Lipinski definition) is 0. The maximum Gasteiger partial charge on any atom is 0.179 e. The van der Waals surface area contributed by atoms with E-state index in [-0.39, 0.29) is 0 Å². The van der Waals surface area contributed by atoms with E-state index in [9.17, 15) is 0 Å². The Hall–Kier alpha value is -2.38. The summed E-state index contributed by atoms with van der Waals surface area (Å²) in [7, 11) is 6.39. The van der Waals surface area contributed by atoms with Gasteiger partial charge in [0, 0.05) is 32.7 Å². The lowest BCUT2D eigenvalue weighted by atomic mass is 10.1. The Morgan fingerprint density at radius 3 is 2.63 bits per heavy atom. The third-order valence-corrected chi connectivity index (χ3v) is 5.21. The molecule has 27 heavy (non-hydrogen) atoms. The SMILES string of the molecule is CN(C)CCCN1c2ccccc2Oc2cnnc(N3CCN(C)CC3)c21. The quantitative estimate of drug-likeness (QED) is 0.803. The molecular formula is C20H28N6O. The van der Waals surface area contributed by atoms with E-state index in [1.165, 1.54) is 0 Å². The molecule has 0 N–H and O–H groups in total. The Kier molecular flexibility index (Phi) is 5.13. The fraction of sp³-hybridized carbons (Fsp3) is 0.500. The van der Waals surface area contributed by atoms with Crippen LogP contribution in [0.2, 0.25) is 0 Å². The van der Waals surface area contributed by atoms with Crippen LogP contribution in [-0.2, 0) is 0 Å². The Balaban J connectivity index is 1.70. The second-order valence-corrected chi connectivity index (χ2v) is 7.55. The Labute approximate surface area is 161 Å². The van der Waals surface area contributed by atoms with E-state index < -0.39 is 0 Å². The smallest absolute Gasteiger partial charge is 0.179 e. The van der Waals surface area contributed by atoms with Crippen LogP contribution >= 0.6 is 0 Å². The minimum atomic E-state index is 0.794. The summed E-state index contributed by atoms with van der Waals surface area (Å²) < 4.78 is 6.20. The third-order valence-electron chi connectivity index (χ3n) is 5.21. The van der Waals surface area contributed by atoms with Crippen LogP contribution in [-0.4, -0.2) is 80.4 Å². The standard InChI is InChI=1S/C20H28N6O/c1-23(2)9-6-10-26-16-7-4-5-8-17(16)27-18-15-21-22-20(19(18)26)25-13-11-24(3)12-14-25/h4-5,7-8,15H,6,9-14H2,1-3H3. The van der Waals surface area contributed by atoms with Gasteiger partial charge >= 0.3 is 0 Å². The summed E-state index contributed by atoms with van der Waals surface area (Å²) in [5, 5.41) is 8.78. The van der Waals surface area contributed by atoms with E-state index in [2.05, 4.69) is 63.1 Å². The van der Waals surface area contributed by atoms with E-state index >= 15 is 0 Å². The minimum absolute atomic E-state index is 0.794. The predicted molar refractivity (Wildman–Crippen MR) is 108 cm³/mol. The fourth-order valence-electron chi connectivity index (χ4n) is 3.70. The molecule has 1 fully saturated rings. The number of nitrogens with zero attached hydrogens (tertiary/aromatic N) is 6. The van der Waals surface area contributed by atoms with E-state index in [4.69, 9.17) is 4.74 Å². The minimum Gasteiger partial charge on any atom is -0.451 e. The van der Waals surface area contributed by atoms with E-state index in [0.29, 0.717) is 0 Å².